The van der Waals surface area contributed by atoms with Crippen molar-refractivity contribution in [3.8, 4) is 0 Å². The number of hydrogen-bond acceptors (Lipinski definition) is 3. The molecule has 0 bridgehead atoms. The van der Waals surface area contributed by atoms with Crippen molar-refractivity contribution in [3.05, 3.63) is 0 Å². The summed E-state index contributed by atoms with van der Waals surface area (Å²) in [5, 5.41) is 2.86. The van der Waals surface area contributed by atoms with Gasteiger partial charge in [-0.15, -0.1) is 0 Å². The van der Waals surface area contributed by atoms with E-state index in [4.69, 9.17) is 5.73 Å². The number of rotatable bonds is 5. The first-order chi connectivity index (χ1) is 8.76. The maximum Gasteiger partial charge on any atom is 0.244 e. The maximum atomic E-state index is 12.3. The van der Waals surface area contributed by atoms with Gasteiger partial charge in [0.15, 0.2) is 0 Å². The molecule has 1 fully saturated rings. The third-order valence-corrected chi connectivity index (χ3v) is 3.70. The van der Waals surface area contributed by atoms with E-state index in [1.807, 2.05) is 13.8 Å². The number of carbonyl (C=O) groups excluding carboxylic acids is 2. The lowest BCUT2D eigenvalue weighted by Gasteiger charge is -2.28. The molecule has 19 heavy (non-hydrogen) atoms. The Kier molecular flexibility index (Phi) is 5.35. The van der Waals surface area contributed by atoms with Crippen molar-refractivity contribution in [2.45, 2.75) is 57.5 Å². The van der Waals surface area contributed by atoms with Crippen LogP contribution in [0.1, 0.15) is 46.0 Å². The summed E-state index contributed by atoms with van der Waals surface area (Å²) in [5.74, 6) is 0.0981. The SMILES string of the molecule is CC(C)CC(NC(=O)C1(N)CCCC1)C(=O)N(C)C. The summed E-state index contributed by atoms with van der Waals surface area (Å²) in [6.45, 7) is 4.08. The summed E-state index contributed by atoms with van der Waals surface area (Å²) < 4.78 is 0. The van der Waals surface area contributed by atoms with Crippen molar-refractivity contribution in [3.63, 3.8) is 0 Å². The second-order valence-electron chi connectivity index (χ2n) is 6.25. The lowest BCUT2D eigenvalue weighted by Crippen LogP contribution is -2.57. The molecule has 0 aliphatic heterocycles. The molecule has 110 valence electrons. The summed E-state index contributed by atoms with van der Waals surface area (Å²) in [6.07, 6.45) is 4.03. The van der Waals surface area contributed by atoms with E-state index in [2.05, 4.69) is 5.32 Å². The van der Waals surface area contributed by atoms with Gasteiger partial charge in [-0.25, -0.2) is 0 Å². The maximum absolute atomic E-state index is 12.3. The molecule has 0 saturated heterocycles. The van der Waals surface area contributed by atoms with E-state index in [0.717, 1.165) is 12.8 Å². The number of nitrogens with one attached hydrogen (secondary N) is 1. The molecular weight excluding hydrogens is 242 g/mol. The second kappa shape index (κ2) is 6.37. The van der Waals surface area contributed by atoms with Crippen LogP contribution in [0.25, 0.3) is 0 Å². The van der Waals surface area contributed by atoms with E-state index in [0.29, 0.717) is 25.2 Å². The van der Waals surface area contributed by atoms with Crippen molar-refractivity contribution >= 4 is 11.8 Å². The summed E-state index contributed by atoms with van der Waals surface area (Å²) in [7, 11) is 3.41. The van der Waals surface area contributed by atoms with E-state index in [1.54, 1.807) is 14.1 Å². The van der Waals surface area contributed by atoms with Crippen LogP contribution in [-0.2, 0) is 9.59 Å². The zero-order valence-electron chi connectivity index (χ0n) is 12.5. The van der Waals surface area contributed by atoms with Crippen LogP contribution in [0.4, 0.5) is 0 Å². The van der Waals surface area contributed by atoms with Gasteiger partial charge in [0.25, 0.3) is 0 Å². The lowest BCUT2D eigenvalue weighted by atomic mass is 9.96. The van der Waals surface area contributed by atoms with Crippen molar-refractivity contribution in [1.82, 2.24) is 10.2 Å². The summed E-state index contributed by atoms with van der Waals surface area (Å²) >= 11 is 0. The normalized spacial score (nSPS) is 19.3. The van der Waals surface area contributed by atoms with Gasteiger partial charge in [-0.1, -0.05) is 26.7 Å². The smallest absolute Gasteiger partial charge is 0.244 e. The van der Waals surface area contributed by atoms with Gasteiger partial charge in [0, 0.05) is 14.1 Å². The molecule has 1 aliphatic carbocycles. The van der Waals surface area contributed by atoms with Gasteiger partial charge < -0.3 is 16.0 Å². The van der Waals surface area contributed by atoms with Gasteiger partial charge in [0.05, 0.1) is 5.54 Å². The molecule has 1 rings (SSSR count). The van der Waals surface area contributed by atoms with Crippen molar-refractivity contribution in [2.24, 2.45) is 11.7 Å². The average molecular weight is 269 g/mol. The number of carbonyl (C=O) groups is 2. The molecule has 2 amide bonds. The van der Waals surface area contributed by atoms with Gasteiger partial charge in [0.1, 0.15) is 6.04 Å². The van der Waals surface area contributed by atoms with Crippen molar-refractivity contribution < 1.29 is 9.59 Å². The number of nitrogens with two attached hydrogens (primary N) is 1. The van der Waals surface area contributed by atoms with Gasteiger partial charge in [-0.3, -0.25) is 9.59 Å². The third-order valence-electron chi connectivity index (χ3n) is 3.70. The Balaban J connectivity index is 2.71. The fraction of sp³-hybridized carbons (Fsp3) is 0.857. The average Bonchev–Trinajstić information content (AvgIpc) is 2.74. The monoisotopic (exact) mass is 269 g/mol. The molecule has 0 aromatic carbocycles. The van der Waals surface area contributed by atoms with E-state index in [-0.39, 0.29) is 11.8 Å². The number of amides is 2. The van der Waals surface area contributed by atoms with Gasteiger partial charge in [-0.2, -0.15) is 0 Å². The largest absolute Gasteiger partial charge is 0.347 e. The minimum Gasteiger partial charge on any atom is -0.347 e. The molecular formula is C14H27N3O2. The van der Waals surface area contributed by atoms with E-state index >= 15 is 0 Å². The highest BCUT2D eigenvalue weighted by Crippen LogP contribution is 2.27. The van der Waals surface area contributed by atoms with E-state index in [1.165, 1.54) is 4.90 Å². The summed E-state index contributed by atoms with van der Waals surface area (Å²) in [5.41, 5.74) is 5.35. The quantitative estimate of drug-likeness (QED) is 0.778. The van der Waals surface area contributed by atoms with Crippen LogP contribution >= 0.6 is 0 Å². The Morgan fingerprint density at radius 1 is 1.26 bits per heavy atom. The van der Waals surface area contributed by atoms with Crippen LogP contribution in [0.3, 0.4) is 0 Å². The molecule has 1 unspecified atom stereocenters. The lowest BCUT2D eigenvalue weighted by molar-refractivity contribution is -0.136. The van der Waals surface area contributed by atoms with E-state index < -0.39 is 11.6 Å². The molecule has 0 heterocycles. The molecule has 1 atom stereocenters. The van der Waals surface area contributed by atoms with Crippen molar-refractivity contribution in [1.29, 1.82) is 0 Å². The number of hydrogen-bond donors (Lipinski definition) is 2. The van der Waals surface area contributed by atoms with Crippen LogP contribution in [0, 0.1) is 5.92 Å². The first-order valence-corrected chi connectivity index (χ1v) is 7.07. The zero-order chi connectivity index (χ0) is 14.6. The zero-order valence-corrected chi connectivity index (χ0v) is 12.5. The molecule has 1 aliphatic rings. The second-order valence-corrected chi connectivity index (χ2v) is 6.25. The van der Waals surface area contributed by atoms with Crippen LogP contribution in [0.15, 0.2) is 0 Å². The fourth-order valence-corrected chi connectivity index (χ4v) is 2.54. The third kappa shape index (κ3) is 4.20. The highest BCUT2D eigenvalue weighted by atomic mass is 16.2. The minimum absolute atomic E-state index is 0.0661. The first-order valence-electron chi connectivity index (χ1n) is 7.07. The Morgan fingerprint density at radius 2 is 1.79 bits per heavy atom. The Bertz CT molecular complexity index is 334. The van der Waals surface area contributed by atoms with Crippen LogP contribution < -0.4 is 11.1 Å². The van der Waals surface area contributed by atoms with Gasteiger partial charge in [-0.05, 0) is 25.2 Å². The molecule has 0 aromatic heterocycles. The van der Waals surface area contributed by atoms with Gasteiger partial charge in [0.2, 0.25) is 11.8 Å². The molecule has 1 saturated carbocycles. The number of likely N-dealkylation sites (N-methyl/N-ethyl adjacent to an activating group) is 1. The Labute approximate surface area is 115 Å². The van der Waals surface area contributed by atoms with Crippen LogP contribution in [-0.4, -0.2) is 42.4 Å². The Morgan fingerprint density at radius 3 is 2.21 bits per heavy atom. The van der Waals surface area contributed by atoms with Crippen molar-refractivity contribution in [2.75, 3.05) is 14.1 Å². The fourth-order valence-electron chi connectivity index (χ4n) is 2.54. The number of nitrogens with zero attached hydrogens (tertiary/aromatic N) is 1. The molecule has 5 heteroatoms. The highest BCUT2D eigenvalue weighted by Gasteiger charge is 2.38. The topological polar surface area (TPSA) is 75.4 Å². The molecule has 5 nitrogen and oxygen atoms in total. The molecule has 0 spiro atoms. The predicted octanol–water partition coefficient (Wildman–Crippen LogP) is 0.877. The summed E-state index contributed by atoms with van der Waals surface area (Å²) in [6, 6.07) is -0.469. The standard InChI is InChI=1S/C14H27N3O2/c1-10(2)9-11(12(18)17(3)4)16-13(19)14(15)7-5-6-8-14/h10-11H,5-9,15H2,1-4H3,(H,16,19). The predicted molar refractivity (Wildman–Crippen MR) is 75.5 cm³/mol. The summed E-state index contributed by atoms with van der Waals surface area (Å²) in [4.78, 5) is 25.9. The minimum atomic E-state index is -0.776. The molecule has 3 N–H and O–H groups in total. The molecule has 0 aromatic rings. The highest BCUT2D eigenvalue weighted by molar-refractivity contribution is 5.92. The molecule has 0 radical (unpaired) electrons. The van der Waals surface area contributed by atoms with Crippen LogP contribution in [0.2, 0.25) is 0 Å². The van der Waals surface area contributed by atoms with Crippen LogP contribution in [0.5, 0.6) is 0 Å². The Hall–Kier alpha value is -1.10. The first kappa shape index (κ1) is 16.0. The van der Waals surface area contributed by atoms with Gasteiger partial charge >= 0.3 is 0 Å². The van der Waals surface area contributed by atoms with E-state index in [9.17, 15) is 9.59 Å².